The fourth-order valence-electron chi connectivity index (χ4n) is 2.35. The summed E-state index contributed by atoms with van der Waals surface area (Å²) in [7, 11) is 1.71. The van der Waals surface area contributed by atoms with Crippen molar-refractivity contribution in [1.29, 1.82) is 0 Å². The summed E-state index contributed by atoms with van der Waals surface area (Å²) >= 11 is 0. The Balaban J connectivity index is 3.31. The quantitative estimate of drug-likeness (QED) is 0.821. The highest BCUT2D eigenvalue weighted by molar-refractivity contribution is 5.67. The van der Waals surface area contributed by atoms with Gasteiger partial charge in [-0.3, -0.25) is 4.79 Å². The maximum Gasteiger partial charge on any atom is 0.303 e. The largest absolute Gasteiger partial charge is 0.496 e. The molecule has 1 aromatic rings. The Morgan fingerprint density at radius 3 is 2.40 bits per heavy atom. The van der Waals surface area contributed by atoms with Crippen LogP contribution in [0.2, 0.25) is 0 Å². The summed E-state index contributed by atoms with van der Waals surface area (Å²) < 4.78 is 5.62. The smallest absolute Gasteiger partial charge is 0.303 e. The molecule has 0 radical (unpaired) electrons. The van der Waals surface area contributed by atoms with Gasteiger partial charge in [0.05, 0.1) is 7.11 Å². The Hall–Kier alpha value is -1.51. The first-order valence-corrected chi connectivity index (χ1v) is 7.27. The van der Waals surface area contributed by atoms with Crippen molar-refractivity contribution >= 4 is 5.97 Å². The molecule has 0 amide bonds. The number of aryl methyl sites for hydroxylation is 2. The molecule has 0 unspecified atom stereocenters. The van der Waals surface area contributed by atoms with Gasteiger partial charge in [0.25, 0.3) is 0 Å². The number of rotatable bonds is 7. The first-order valence-electron chi connectivity index (χ1n) is 7.27. The van der Waals surface area contributed by atoms with Crippen LogP contribution in [0.1, 0.15) is 57.2 Å². The molecule has 0 saturated carbocycles. The average molecular weight is 278 g/mol. The normalized spacial score (nSPS) is 11.4. The molecule has 20 heavy (non-hydrogen) atoms. The number of methoxy groups -OCH3 is 1. The van der Waals surface area contributed by atoms with Crippen molar-refractivity contribution in [3.8, 4) is 5.75 Å². The highest BCUT2D eigenvalue weighted by atomic mass is 16.5. The standard InChI is InChI=1S/C17H26O3/c1-6-13-10-12(8-9-15(18)19)11-14(16(13)20-5)17(3,4)7-2/h10-11H,6-9H2,1-5H3,(H,18,19). The van der Waals surface area contributed by atoms with Gasteiger partial charge in [-0.1, -0.05) is 39.8 Å². The van der Waals surface area contributed by atoms with Crippen molar-refractivity contribution < 1.29 is 14.6 Å². The minimum Gasteiger partial charge on any atom is -0.496 e. The van der Waals surface area contributed by atoms with E-state index in [0.717, 1.165) is 29.7 Å². The molecule has 0 aliphatic rings. The molecule has 0 atom stereocenters. The van der Waals surface area contributed by atoms with Crippen LogP contribution in [-0.4, -0.2) is 18.2 Å². The van der Waals surface area contributed by atoms with E-state index in [1.54, 1.807) is 7.11 Å². The van der Waals surface area contributed by atoms with Crippen molar-refractivity contribution in [1.82, 2.24) is 0 Å². The van der Waals surface area contributed by atoms with E-state index in [-0.39, 0.29) is 11.8 Å². The molecule has 0 saturated heterocycles. The van der Waals surface area contributed by atoms with Gasteiger partial charge < -0.3 is 9.84 Å². The van der Waals surface area contributed by atoms with Crippen LogP contribution in [0.15, 0.2) is 12.1 Å². The van der Waals surface area contributed by atoms with Crippen molar-refractivity contribution in [2.24, 2.45) is 0 Å². The number of hydrogen-bond donors (Lipinski definition) is 1. The van der Waals surface area contributed by atoms with E-state index in [1.165, 1.54) is 5.56 Å². The third kappa shape index (κ3) is 3.75. The topological polar surface area (TPSA) is 46.5 Å². The van der Waals surface area contributed by atoms with Crippen LogP contribution in [0.4, 0.5) is 0 Å². The van der Waals surface area contributed by atoms with Crippen LogP contribution in [0.5, 0.6) is 5.75 Å². The van der Waals surface area contributed by atoms with Crippen molar-refractivity contribution in [3.05, 3.63) is 28.8 Å². The van der Waals surface area contributed by atoms with Crippen molar-refractivity contribution in [2.45, 2.75) is 58.8 Å². The molecule has 0 fully saturated rings. The van der Waals surface area contributed by atoms with E-state index >= 15 is 0 Å². The molecule has 3 heteroatoms. The molecule has 1 aromatic carbocycles. The summed E-state index contributed by atoms with van der Waals surface area (Å²) in [6.07, 6.45) is 2.63. The molecular formula is C17H26O3. The van der Waals surface area contributed by atoms with E-state index < -0.39 is 5.97 Å². The van der Waals surface area contributed by atoms with Gasteiger partial charge in [0, 0.05) is 12.0 Å². The second-order valence-electron chi connectivity index (χ2n) is 5.82. The number of aliphatic carboxylic acids is 1. The highest BCUT2D eigenvalue weighted by Crippen LogP contribution is 2.37. The van der Waals surface area contributed by atoms with Crippen LogP contribution < -0.4 is 4.74 Å². The van der Waals surface area contributed by atoms with E-state index in [9.17, 15) is 4.79 Å². The Morgan fingerprint density at radius 1 is 1.30 bits per heavy atom. The molecular weight excluding hydrogens is 252 g/mol. The Kier molecular flexibility index (Phi) is 5.61. The predicted octanol–water partition coefficient (Wildman–Crippen LogP) is 3.96. The van der Waals surface area contributed by atoms with Crippen molar-refractivity contribution in [2.75, 3.05) is 7.11 Å². The number of carboxylic acids is 1. The molecule has 0 spiro atoms. The summed E-state index contributed by atoms with van der Waals surface area (Å²) in [6.45, 7) is 8.66. The third-order valence-electron chi connectivity index (χ3n) is 4.05. The lowest BCUT2D eigenvalue weighted by molar-refractivity contribution is -0.136. The zero-order valence-electron chi connectivity index (χ0n) is 13.2. The van der Waals surface area contributed by atoms with E-state index in [1.807, 2.05) is 0 Å². The molecule has 0 heterocycles. The third-order valence-corrected chi connectivity index (χ3v) is 4.05. The van der Waals surface area contributed by atoms with Gasteiger partial charge in [0.15, 0.2) is 0 Å². The Morgan fingerprint density at radius 2 is 1.95 bits per heavy atom. The summed E-state index contributed by atoms with van der Waals surface area (Å²) in [5.74, 6) is 0.202. The van der Waals surface area contributed by atoms with Gasteiger partial charge in [-0.05, 0) is 35.8 Å². The second-order valence-corrected chi connectivity index (χ2v) is 5.82. The second kappa shape index (κ2) is 6.78. The number of carbonyl (C=O) groups is 1. The lowest BCUT2D eigenvalue weighted by Gasteiger charge is -2.28. The number of carboxylic acid groups (broad SMARTS) is 1. The SMILES string of the molecule is CCc1cc(CCC(=O)O)cc(C(C)(C)CC)c1OC. The number of hydrogen-bond acceptors (Lipinski definition) is 2. The van der Waals surface area contributed by atoms with Crippen LogP contribution in [-0.2, 0) is 23.1 Å². The first kappa shape index (κ1) is 16.5. The van der Waals surface area contributed by atoms with Gasteiger partial charge >= 0.3 is 5.97 Å². The lowest BCUT2D eigenvalue weighted by Crippen LogP contribution is -2.18. The fraction of sp³-hybridized carbons (Fsp3) is 0.588. The van der Waals surface area contributed by atoms with Crippen LogP contribution in [0.3, 0.4) is 0 Å². The van der Waals surface area contributed by atoms with E-state index in [2.05, 4.69) is 39.8 Å². The summed E-state index contributed by atoms with van der Waals surface area (Å²) in [4.78, 5) is 10.8. The lowest BCUT2D eigenvalue weighted by atomic mass is 9.79. The van der Waals surface area contributed by atoms with Gasteiger partial charge in [0.1, 0.15) is 5.75 Å². The van der Waals surface area contributed by atoms with Gasteiger partial charge in [-0.25, -0.2) is 0 Å². The molecule has 0 aliphatic heterocycles. The first-order chi connectivity index (χ1) is 9.35. The Labute approximate surface area is 122 Å². The minimum atomic E-state index is -0.754. The Bertz CT molecular complexity index is 475. The molecule has 0 aromatic heterocycles. The van der Waals surface area contributed by atoms with Gasteiger partial charge in [-0.2, -0.15) is 0 Å². The highest BCUT2D eigenvalue weighted by Gasteiger charge is 2.24. The van der Waals surface area contributed by atoms with E-state index in [0.29, 0.717) is 6.42 Å². The van der Waals surface area contributed by atoms with Crippen LogP contribution in [0, 0.1) is 0 Å². The minimum absolute atomic E-state index is 0.0223. The van der Waals surface area contributed by atoms with Gasteiger partial charge in [0.2, 0.25) is 0 Å². The summed E-state index contributed by atoms with van der Waals surface area (Å²) in [6, 6.07) is 4.20. The molecule has 1 rings (SSSR count). The molecule has 0 aliphatic carbocycles. The number of ether oxygens (including phenoxy) is 1. The van der Waals surface area contributed by atoms with Crippen LogP contribution >= 0.6 is 0 Å². The fourth-order valence-corrected chi connectivity index (χ4v) is 2.35. The predicted molar refractivity (Wildman–Crippen MR) is 81.6 cm³/mol. The molecule has 112 valence electrons. The monoisotopic (exact) mass is 278 g/mol. The summed E-state index contributed by atoms with van der Waals surface area (Å²) in [5, 5.41) is 8.85. The zero-order valence-corrected chi connectivity index (χ0v) is 13.2. The molecule has 3 nitrogen and oxygen atoms in total. The summed E-state index contributed by atoms with van der Waals surface area (Å²) in [5.41, 5.74) is 3.45. The molecule has 1 N–H and O–H groups in total. The van der Waals surface area contributed by atoms with E-state index in [4.69, 9.17) is 9.84 Å². The average Bonchev–Trinajstić information content (AvgIpc) is 2.43. The van der Waals surface area contributed by atoms with Gasteiger partial charge in [-0.15, -0.1) is 0 Å². The zero-order chi connectivity index (χ0) is 15.3. The van der Waals surface area contributed by atoms with Crippen LogP contribution in [0.25, 0.3) is 0 Å². The van der Waals surface area contributed by atoms with Crippen molar-refractivity contribution in [3.63, 3.8) is 0 Å². The molecule has 0 bridgehead atoms. The number of benzene rings is 1. The maximum atomic E-state index is 10.8. The maximum absolute atomic E-state index is 10.8.